The van der Waals surface area contributed by atoms with Gasteiger partial charge in [0.25, 0.3) is 0 Å². The van der Waals surface area contributed by atoms with Crippen LogP contribution in [0.2, 0.25) is 5.02 Å². The minimum atomic E-state index is -3.13. The third kappa shape index (κ3) is 2.87. The van der Waals surface area contributed by atoms with Gasteiger partial charge in [-0.25, -0.2) is 13.9 Å². The summed E-state index contributed by atoms with van der Waals surface area (Å²) in [7, 11) is 1.29. The molecule has 2 aromatic rings. The van der Waals surface area contributed by atoms with Crippen molar-refractivity contribution in [1.82, 2.24) is 9.78 Å². The molecular weight excluding hydrogens is 325 g/mol. The van der Waals surface area contributed by atoms with E-state index >= 15 is 0 Å². The summed E-state index contributed by atoms with van der Waals surface area (Å²) in [6, 6.07) is 2.06. The van der Waals surface area contributed by atoms with Crippen molar-refractivity contribution in [3.63, 3.8) is 0 Å². The number of carboxylic acids is 1. The van der Waals surface area contributed by atoms with Gasteiger partial charge in [0.05, 0.1) is 5.56 Å². The maximum atomic E-state index is 14.1. The van der Waals surface area contributed by atoms with Crippen LogP contribution in [0.5, 0.6) is 5.88 Å². The Kier molecular flexibility index (Phi) is 4.32. The molecule has 0 saturated carbocycles. The van der Waals surface area contributed by atoms with E-state index in [9.17, 15) is 18.0 Å². The highest BCUT2D eigenvalue weighted by atomic mass is 35.5. The summed E-state index contributed by atoms with van der Waals surface area (Å²) in [6.07, 6.45) is 0. The van der Waals surface area contributed by atoms with Crippen molar-refractivity contribution in [3.05, 3.63) is 34.1 Å². The molecule has 0 unspecified atom stereocenters. The molecule has 1 aromatic carbocycles. The summed E-state index contributed by atoms with van der Waals surface area (Å²) in [5.41, 5.74) is -0.327. The smallest absolute Gasteiger partial charge is 0.388 e. The normalized spacial score (nSPS) is 11.0. The third-order valence-corrected chi connectivity index (χ3v) is 3.28. The van der Waals surface area contributed by atoms with Crippen LogP contribution in [0.25, 0.3) is 11.3 Å². The fraction of sp³-hybridized carbons (Fsp3) is 0.231. The minimum Gasteiger partial charge on any atom is -0.478 e. The van der Waals surface area contributed by atoms with Crippen molar-refractivity contribution in [1.29, 1.82) is 0 Å². The molecule has 0 saturated heterocycles. The van der Waals surface area contributed by atoms with E-state index < -0.39 is 24.3 Å². The summed E-state index contributed by atoms with van der Waals surface area (Å²) >= 11 is 5.90. The van der Waals surface area contributed by atoms with E-state index in [2.05, 4.69) is 9.84 Å². The molecule has 2 rings (SSSR count). The molecule has 22 heavy (non-hydrogen) atoms. The number of halogens is 4. The number of ether oxygens (including phenoxy) is 1. The van der Waals surface area contributed by atoms with Gasteiger partial charge in [-0.05, 0) is 24.6 Å². The van der Waals surface area contributed by atoms with Crippen molar-refractivity contribution in [2.45, 2.75) is 13.5 Å². The predicted octanol–water partition coefficient (Wildman–Crippen LogP) is 3.49. The molecule has 1 heterocycles. The predicted molar refractivity (Wildman–Crippen MR) is 71.9 cm³/mol. The first-order valence-electron chi connectivity index (χ1n) is 5.93. The third-order valence-electron chi connectivity index (χ3n) is 2.94. The van der Waals surface area contributed by atoms with Crippen LogP contribution in [-0.2, 0) is 7.05 Å². The largest absolute Gasteiger partial charge is 0.478 e. The molecule has 118 valence electrons. The van der Waals surface area contributed by atoms with Crippen LogP contribution in [0.15, 0.2) is 12.1 Å². The van der Waals surface area contributed by atoms with Crippen LogP contribution in [0.3, 0.4) is 0 Å². The molecule has 0 spiro atoms. The van der Waals surface area contributed by atoms with Gasteiger partial charge in [-0.3, -0.25) is 0 Å². The second-order valence-electron chi connectivity index (χ2n) is 4.42. The number of aromatic nitrogens is 2. The summed E-state index contributed by atoms with van der Waals surface area (Å²) < 4.78 is 43.9. The van der Waals surface area contributed by atoms with Crippen LogP contribution in [0, 0.1) is 12.7 Å². The van der Waals surface area contributed by atoms with Crippen molar-refractivity contribution in [2.24, 2.45) is 7.05 Å². The zero-order valence-electron chi connectivity index (χ0n) is 11.4. The van der Waals surface area contributed by atoms with E-state index in [1.54, 1.807) is 0 Å². The van der Waals surface area contributed by atoms with Gasteiger partial charge >= 0.3 is 12.6 Å². The van der Waals surface area contributed by atoms with Crippen molar-refractivity contribution in [3.8, 4) is 17.1 Å². The second kappa shape index (κ2) is 5.88. The lowest BCUT2D eigenvalue weighted by Crippen LogP contribution is -2.06. The zero-order valence-corrected chi connectivity index (χ0v) is 12.2. The van der Waals surface area contributed by atoms with E-state index in [1.165, 1.54) is 14.0 Å². The highest BCUT2D eigenvalue weighted by Crippen LogP contribution is 2.37. The van der Waals surface area contributed by atoms with Crippen molar-refractivity contribution < 1.29 is 27.8 Å². The van der Waals surface area contributed by atoms with Gasteiger partial charge in [0.15, 0.2) is 0 Å². The van der Waals surface area contributed by atoms with Crippen LogP contribution >= 0.6 is 11.6 Å². The molecule has 0 bridgehead atoms. The van der Waals surface area contributed by atoms with Crippen molar-refractivity contribution >= 4 is 17.6 Å². The number of hydrogen-bond donors (Lipinski definition) is 1. The molecule has 1 aromatic heterocycles. The highest BCUT2D eigenvalue weighted by molar-refractivity contribution is 6.34. The van der Waals surface area contributed by atoms with E-state index in [0.717, 1.165) is 16.8 Å². The van der Waals surface area contributed by atoms with Crippen LogP contribution < -0.4 is 4.74 Å². The average Bonchev–Trinajstić information content (AvgIpc) is 2.66. The maximum Gasteiger partial charge on any atom is 0.388 e. The molecule has 1 N–H and O–H groups in total. The lowest BCUT2D eigenvalue weighted by atomic mass is 10.0. The molecule has 0 fully saturated rings. The number of alkyl halides is 2. The Morgan fingerprint density at radius 3 is 2.64 bits per heavy atom. The van der Waals surface area contributed by atoms with Gasteiger partial charge in [0, 0.05) is 12.6 Å². The monoisotopic (exact) mass is 334 g/mol. The summed E-state index contributed by atoms with van der Waals surface area (Å²) in [5.74, 6) is -2.47. The first-order chi connectivity index (χ1) is 10.2. The first-order valence-corrected chi connectivity index (χ1v) is 6.31. The molecule has 0 radical (unpaired) electrons. The molecule has 9 heteroatoms. The molecule has 0 atom stereocenters. The maximum absolute atomic E-state index is 14.1. The fourth-order valence-electron chi connectivity index (χ4n) is 1.95. The lowest BCUT2D eigenvalue weighted by Gasteiger charge is -2.06. The Labute approximate surface area is 127 Å². The van der Waals surface area contributed by atoms with Gasteiger partial charge in [0.2, 0.25) is 5.88 Å². The van der Waals surface area contributed by atoms with Gasteiger partial charge in [-0.1, -0.05) is 11.6 Å². The Morgan fingerprint density at radius 1 is 1.45 bits per heavy atom. The fourth-order valence-corrected chi connectivity index (χ4v) is 2.26. The first kappa shape index (κ1) is 16.2. The van der Waals surface area contributed by atoms with Crippen molar-refractivity contribution in [2.75, 3.05) is 0 Å². The second-order valence-corrected chi connectivity index (χ2v) is 4.80. The Hall–Kier alpha value is -2.22. The summed E-state index contributed by atoms with van der Waals surface area (Å²) in [5, 5.41) is 12.6. The van der Waals surface area contributed by atoms with Gasteiger partial charge in [0.1, 0.15) is 16.5 Å². The van der Waals surface area contributed by atoms with E-state index in [4.69, 9.17) is 16.7 Å². The van der Waals surface area contributed by atoms with Crippen LogP contribution in [-0.4, -0.2) is 27.5 Å². The van der Waals surface area contributed by atoms with E-state index in [-0.39, 0.29) is 27.4 Å². The Morgan fingerprint density at radius 2 is 2.09 bits per heavy atom. The topological polar surface area (TPSA) is 64.4 Å². The Balaban J connectivity index is 2.62. The average molecular weight is 335 g/mol. The quantitative estimate of drug-likeness (QED) is 0.929. The number of carboxylic acid groups (broad SMARTS) is 1. The number of nitrogens with zero attached hydrogens (tertiary/aromatic N) is 2. The summed E-state index contributed by atoms with van der Waals surface area (Å²) in [6.45, 7) is -1.69. The van der Waals surface area contributed by atoms with Gasteiger partial charge in [-0.2, -0.15) is 13.9 Å². The zero-order chi connectivity index (χ0) is 16.6. The number of rotatable bonds is 4. The summed E-state index contributed by atoms with van der Waals surface area (Å²) in [4.78, 5) is 11.1. The van der Waals surface area contributed by atoms with E-state index in [1.807, 2.05) is 0 Å². The lowest BCUT2D eigenvalue weighted by molar-refractivity contribution is -0.0552. The number of aromatic carboxylic acids is 1. The number of carbonyl (C=O) groups is 1. The van der Waals surface area contributed by atoms with E-state index in [0.29, 0.717) is 0 Å². The highest BCUT2D eigenvalue weighted by Gasteiger charge is 2.23. The number of aryl methyl sites for hydroxylation is 2. The molecule has 0 amide bonds. The van der Waals surface area contributed by atoms with Gasteiger partial charge < -0.3 is 9.84 Å². The molecular formula is C13H10ClF3N2O3. The molecule has 0 aliphatic rings. The molecule has 0 aliphatic carbocycles. The number of hydrogen-bond acceptors (Lipinski definition) is 3. The van der Waals surface area contributed by atoms with Crippen LogP contribution in [0.1, 0.15) is 15.9 Å². The minimum absolute atomic E-state index is 0.144. The molecule has 5 nitrogen and oxygen atoms in total. The number of benzene rings is 1. The Bertz CT molecular complexity index is 747. The standard InChI is InChI=1S/C13H10ClF3N2O3/c1-5-3-8(15)7(4-6(5)12(20)21)10-9(14)11(19(2)18-10)22-13(16)17/h3-4,13H,1-2H3,(H,20,21). The SMILES string of the molecule is Cc1cc(F)c(-c2nn(C)c(OC(F)F)c2Cl)cc1C(=O)O. The van der Waals surface area contributed by atoms with Gasteiger partial charge in [-0.15, -0.1) is 0 Å². The van der Waals surface area contributed by atoms with Crippen LogP contribution in [0.4, 0.5) is 13.2 Å². The molecule has 0 aliphatic heterocycles.